The molecule has 2 heterocycles. The number of benzene rings is 1. The van der Waals surface area contributed by atoms with Crippen molar-refractivity contribution in [2.45, 2.75) is 57.0 Å². The summed E-state index contributed by atoms with van der Waals surface area (Å²) in [6.07, 6.45) is 22.0. The molecule has 1 saturated heterocycles. The summed E-state index contributed by atoms with van der Waals surface area (Å²) < 4.78 is 6.06. The maximum absolute atomic E-state index is 6.12. The molecule has 4 aliphatic rings. The molecule has 0 unspecified atom stereocenters. The van der Waals surface area contributed by atoms with Crippen molar-refractivity contribution >= 4 is 28.2 Å². The van der Waals surface area contributed by atoms with E-state index in [4.69, 9.17) is 26.1 Å². The molecule has 206 valence electrons. The van der Waals surface area contributed by atoms with Crippen molar-refractivity contribution in [3.63, 3.8) is 0 Å². The smallest absolute Gasteiger partial charge is 0.384 e. The average Bonchev–Trinajstić information content (AvgIpc) is 3.64. The number of aromatic nitrogens is 1. The number of pyridine rings is 1. The van der Waals surface area contributed by atoms with E-state index < -0.39 is 5.79 Å². The first kappa shape index (κ1) is 31.0. The molecule has 2 aromatic rings. The average molecular weight is 590 g/mol. The fraction of sp³-hybridized carbons (Fsp3) is 0.387. The Balaban J connectivity index is 0.000000530. The third kappa shape index (κ3) is 8.54. The van der Waals surface area contributed by atoms with Gasteiger partial charge in [0.15, 0.2) is 0 Å². The van der Waals surface area contributed by atoms with Crippen LogP contribution in [-0.4, -0.2) is 42.1 Å². The minimum absolute atomic E-state index is 0. The van der Waals surface area contributed by atoms with Gasteiger partial charge in [-0.2, -0.15) is 0 Å². The number of hydrogen-bond acceptors (Lipinski definition) is 6. The molecular weight excluding hydrogens is 554 g/mol. The third-order valence-corrected chi connectivity index (χ3v) is 7.40. The summed E-state index contributed by atoms with van der Waals surface area (Å²) in [6, 6.07) is 8.27. The molecule has 4 fully saturated rings. The maximum Gasteiger partial charge on any atom is 2.00 e. The van der Waals surface area contributed by atoms with Crippen LogP contribution in [0.15, 0.2) is 30.5 Å². The number of nitrogens with one attached hydrogen (secondary N) is 2. The molecule has 0 atom stereocenters. The van der Waals surface area contributed by atoms with Gasteiger partial charge < -0.3 is 15.4 Å². The Labute approximate surface area is 250 Å². The molecule has 6 nitrogen and oxygen atoms in total. The largest absolute Gasteiger partial charge is 2.00 e. The molecule has 1 spiro atoms. The minimum Gasteiger partial charge on any atom is -0.384 e. The van der Waals surface area contributed by atoms with Crippen molar-refractivity contribution in [3.05, 3.63) is 98.7 Å². The Morgan fingerprint density at radius 2 is 1.62 bits per heavy atom. The van der Waals surface area contributed by atoms with Gasteiger partial charge in [-0.15, -0.1) is 0 Å². The molecule has 8 heteroatoms. The van der Waals surface area contributed by atoms with Crippen molar-refractivity contribution in [1.82, 2.24) is 10.3 Å². The number of hydrogen-bond donors (Lipinski definition) is 2. The van der Waals surface area contributed by atoms with E-state index in [0.29, 0.717) is 17.7 Å². The zero-order chi connectivity index (χ0) is 26.4. The zero-order valence-electron chi connectivity index (χ0n) is 22.4. The number of ether oxygens (including phenoxy) is 1. The van der Waals surface area contributed by atoms with Crippen molar-refractivity contribution in [1.29, 1.82) is 0 Å². The van der Waals surface area contributed by atoms with E-state index in [1.165, 1.54) is 11.8 Å². The summed E-state index contributed by atoms with van der Waals surface area (Å²) in [5.74, 6) is 2.04. The van der Waals surface area contributed by atoms with Gasteiger partial charge in [-0.05, 0) is 102 Å². The number of rotatable bonds is 6. The van der Waals surface area contributed by atoms with Crippen LogP contribution in [0.4, 0.5) is 5.69 Å². The van der Waals surface area contributed by atoms with Crippen molar-refractivity contribution in [2.24, 2.45) is 0 Å². The molecule has 3 saturated carbocycles. The SMILES string of the molecule is CC1(C)COC2(CCC(NC[C]3[CH][CH][CH][C]3CNc3ccnc4cc(Cl)ccc34)CC2)OO1.[CH]1[CH][CH][CH][CH]1.[Fe+2]. The topological polar surface area (TPSA) is 64.6 Å². The van der Waals surface area contributed by atoms with E-state index >= 15 is 0 Å². The molecule has 1 aromatic carbocycles. The van der Waals surface area contributed by atoms with Gasteiger partial charge in [-0.1, -0.05) is 11.6 Å². The van der Waals surface area contributed by atoms with Gasteiger partial charge in [0.1, 0.15) is 5.60 Å². The summed E-state index contributed by atoms with van der Waals surface area (Å²) in [5, 5.41) is 9.08. The maximum atomic E-state index is 6.12. The van der Waals surface area contributed by atoms with Gasteiger partial charge in [0.2, 0.25) is 5.79 Å². The Hall–Kier alpha value is -0.921. The third-order valence-electron chi connectivity index (χ3n) is 7.17. The van der Waals surface area contributed by atoms with Gasteiger partial charge in [-0.25, -0.2) is 9.78 Å². The van der Waals surface area contributed by atoms with E-state index in [1.807, 2.05) is 76.4 Å². The second-order valence-electron chi connectivity index (χ2n) is 10.7. The first-order valence-corrected chi connectivity index (χ1v) is 13.7. The van der Waals surface area contributed by atoms with Crippen LogP contribution < -0.4 is 10.6 Å². The molecule has 1 aromatic heterocycles. The van der Waals surface area contributed by atoms with Crippen LogP contribution >= 0.6 is 11.6 Å². The molecule has 0 bridgehead atoms. The fourth-order valence-electron chi connectivity index (χ4n) is 4.91. The molecule has 6 rings (SSSR count). The molecule has 39 heavy (non-hydrogen) atoms. The number of nitrogens with zero attached hydrogens (tertiary/aromatic N) is 1. The second-order valence-corrected chi connectivity index (χ2v) is 11.1. The standard InChI is InChI=1S/C26H31ClN3O3.C5H5.Fe/c1-25(2)17-31-26(33-32-25)11-8-21(9-12-26)29-15-18-4-3-5-19(18)16-30-23-10-13-28-24-14-20(27)6-7-22(23)24;1-2-4-5-3-1;/h3-7,10,13-14,21,29H,8-9,11-12,15-17H2,1-2H3,(H,28,30);1-5H;/q;;+2. The second kappa shape index (κ2) is 14.3. The quantitative estimate of drug-likeness (QED) is 0.315. The van der Waals surface area contributed by atoms with Gasteiger partial charge in [0.05, 0.1) is 12.1 Å². The van der Waals surface area contributed by atoms with Crippen molar-refractivity contribution in [3.8, 4) is 0 Å². The van der Waals surface area contributed by atoms with Crippen LogP contribution in [-0.2, 0) is 31.6 Å². The normalized spacial score (nSPS) is 27.2. The van der Waals surface area contributed by atoms with Crippen LogP contribution in [0.3, 0.4) is 0 Å². The summed E-state index contributed by atoms with van der Waals surface area (Å²) in [6.45, 7) is 6.13. The Kier molecular flexibility index (Phi) is 11.4. The van der Waals surface area contributed by atoms with Gasteiger partial charge in [-0.3, -0.25) is 4.98 Å². The Morgan fingerprint density at radius 1 is 0.923 bits per heavy atom. The van der Waals surface area contributed by atoms with E-state index in [-0.39, 0.29) is 22.7 Å². The van der Waals surface area contributed by atoms with Crippen LogP contribution in [0.5, 0.6) is 0 Å². The van der Waals surface area contributed by atoms with Crippen LogP contribution in [0.2, 0.25) is 5.02 Å². The first-order chi connectivity index (χ1) is 18.4. The molecule has 2 N–H and O–H groups in total. The number of halogens is 1. The molecule has 10 radical (unpaired) electrons. The Morgan fingerprint density at radius 3 is 2.28 bits per heavy atom. The molecule has 0 amide bonds. The zero-order valence-corrected chi connectivity index (χ0v) is 24.3. The summed E-state index contributed by atoms with van der Waals surface area (Å²) in [5.41, 5.74) is 1.58. The van der Waals surface area contributed by atoms with Crippen LogP contribution in [0.1, 0.15) is 39.5 Å². The van der Waals surface area contributed by atoms with Crippen molar-refractivity contribution < 1.29 is 31.6 Å². The van der Waals surface area contributed by atoms with E-state index in [2.05, 4.69) is 34.9 Å². The first-order valence-electron chi connectivity index (χ1n) is 13.3. The minimum atomic E-state index is -0.569. The van der Waals surface area contributed by atoms with Gasteiger partial charge >= 0.3 is 17.1 Å². The molecule has 1 aliphatic heterocycles. The van der Waals surface area contributed by atoms with E-state index in [0.717, 1.165) is 55.4 Å². The number of fused-ring (bicyclic) bond motifs is 1. The number of anilines is 1. The summed E-state index contributed by atoms with van der Waals surface area (Å²) in [4.78, 5) is 15.7. The fourth-order valence-corrected chi connectivity index (χ4v) is 5.08. The monoisotopic (exact) mass is 589 g/mol. The van der Waals surface area contributed by atoms with Crippen molar-refractivity contribution in [2.75, 3.05) is 25.0 Å². The Bertz CT molecular complexity index is 1020. The molecular formula is C31H36ClFeN3O3+2. The summed E-state index contributed by atoms with van der Waals surface area (Å²) >= 11 is 6.12. The van der Waals surface area contributed by atoms with Gasteiger partial charge in [0, 0.05) is 66.1 Å². The van der Waals surface area contributed by atoms with Gasteiger partial charge in [0.25, 0.3) is 0 Å². The predicted molar refractivity (Wildman–Crippen MR) is 151 cm³/mol. The van der Waals surface area contributed by atoms with E-state index in [1.54, 1.807) is 0 Å². The molecule has 3 aliphatic carbocycles. The predicted octanol–water partition coefficient (Wildman–Crippen LogP) is 6.08. The van der Waals surface area contributed by atoms with E-state index in [9.17, 15) is 0 Å². The van der Waals surface area contributed by atoms with Crippen LogP contribution in [0.25, 0.3) is 10.9 Å². The van der Waals surface area contributed by atoms with Crippen LogP contribution in [0, 0.1) is 63.2 Å². The summed E-state index contributed by atoms with van der Waals surface area (Å²) in [7, 11) is 0.